The number of nitrogens with zero attached hydrogens (tertiary/aromatic N) is 1. The number of hydrogen-bond acceptors (Lipinski definition) is 3. The highest BCUT2D eigenvalue weighted by molar-refractivity contribution is 7.14. The highest BCUT2D eigenvalue weighted by atomic mass is 32.1. The van der Waals surface area contributed by atoms with Gasteiger partial charge in [0.1, 0.15) is 0 Å². The molecule has 0 unspecified atom stereocenters. The molecule has 0 aliphatic rings. The smallest absolute Gasteiger partial charge is 0.261 e. The summed E-state index contributed by atoms with van der Waals surface area (Å²) in [5, 5.41) is 3.00. The van der Waals surface area contributed by atoms with Crippen LogP contribution in [0.3, 0.4) is 0 Å². The van der Waals surface area contributed by atoms with Crippen LogP contribution >= 0.6 is 11.3 Å². The van der Waals surface area contributed by atoms with Gasteiger partial charge in [0.05, 0.1) is 4.88 Å². The minimum absolute atomic E-state index is 0.0124. The van der Waals surface area contributed by atoms with E-state index >= 15 is 0 Å². The monoisotopic (exact) mass is 330 g/mol. The summed E-state index contributed by atoms with van der Waals surface area (Å²) in [5.41, 5.74) is 3.63. The first-order chi connectivity index (χ1) is 11.0. The third kappa shape index (κ3) is 4.91. The van der Waals surface area contributed by atoms with Crippen molar-refractivity contribution in [3.05, 3.63) is 56.8 Å². The van der Waals surface area contributed by atoms with E-state index in [1.807, 2.05) is 19.9 Å². The maximum absolute atomic E-state index is 12.2. The summed E-state index contributed by atoms with van der Waals surface area (Å²) in [4.78, 5) is 16.5. The van der Waals surface area contributed by atoms with E-state index in [2.05, 4.69) is 48.3 Å². The Labute approximate surface area is 143 Å². The molecule has 0 saturated heterocycles. The number of nitrogens with one attached hydrogen (secondary N) is 1. The van der Waals surface area contributed by atoms with E-state index in [0.717, 1.165) is 30.1 Å². The molecule has 0 aliphatic heterocycles. The molecule has 3 nitrogen and oxygen atoms in total. The van der Waals surface area contributed by atoms with Crippen LogP contribution in [0.25, 0.3) is 0 Å². The third-order valence-electron chi connectivity index (χ3n) is 4.17. The molecule has 4 heteroatoms. The molecule has 1 heterocycles. The number of rotatable bonds is 7. The maximum Gasteiger partial charge on any atom is 0.261 e. The average molecular weight is 330 g/mol. The van der Waals surface area contributed by atoms with Crippen LogP contribution in [0.15, 0.2) is 30.3 Å². The molecule has 2 rings (SSSR count). The van der Waals surface area contributed by atoms with Crippen LogP contribution in [0.1, 0.15) is 45.1 Å². The first-order valence-electron chi connectivity index (χ1n) is 8.18. The molecule has 0 fully saturated rings. The Morgan fingerprint density at radius 3 is 2.22 bits per heavy atom. The van der Waals surface area contributed by atoms with E-state index in [9.17, 15) is 4.79 Å². The summed E-state index contributed by atoms with van der Waals surface area (Å²) in [7, 11) is 0. The fraction of sp³-hybridized carbons (Fsp3) is 0.421. The average Bonchev–Trinajstić information content (AvgIpc) is 2.90. The van der Waals surface area contributed by atoms with Crippen LogP contribution in [-0.2, 0) is 13.1 Å². The highest BCUT2D eigenvalue weighted by Crippen LogP contribution is 2.20. The van der Waals surface area contributed by atoms with Crippen LogP contribution in [0.4, 0.5) is 0 Å². The second-order valence-corrected chi connectivity index (χ2v) is 7.07. The lowest BCUT2D eigenvalue weighted by Gasteiger charge is -2.18. The van der Waals surface area contributed by atoms with Gasteiger partial charge in [-0.2, -0.15) is 0 Å². The Balaban J connectivity index is 1.89. The first-order valence-corrected chi connectivity index (χ1v) is 9.00. The first kappa shape index (κ1) is 17.7. The molecule has 0 radical (unpaired) electrons. The predicted octanol–water partition coefficient (Wildman–Crippen LogP) is 4.14. The zero-order chi connectivity index (χ0) is 16.8. The molecule has 1 aromatic heterocycles. The van der Waals surface area contributed by atoms with E-state index < -0.39 is 0 Å². The molecule has 23 heavy (non-hydrogen) atoms. The zero-order valence-electron chi connectivity index (χ0n) is 14.5. The molecule has 1 aromatic carbocycles. The van der Waals surface area contributed by atoms with Crippen molar-refractivity contribution in [3.63, 3.8) is 0 Å². The fourth-order valence-corrected chi connectivity index (χ4v) is 3.37. The molecule has 0 bridgehead atoms. The number of amides is 1. The van der Waals surface area contributed by atoms with Crippen LogP contribution < -0.4 is 5.32 Å². The molecular formula is C19H26N2OS. The maximum atomic E-state index is 12.2. The van der Waals surface area contributed by atoms with Crippen molar-refractivity contribution in [3.8, 4) is 0 Å². The van der Waals surface area contributed by atoms with E-state index in [-0.39, 0.29) is 5.91 Å². The van der Waals surface area contributed by atoms with Gasteiger partial charge in [-0.25, -0.2) is 0 Å². The summed E-state index contributed by atoms with van der Waals surface area (Å²) in [6.07, 6.45) is 0. The minimum Gasteiger partial charge on any atom is -0.347 e. The van der Waals surface area contributed by atoms with Crippen LogP contribution in [0.5, 0.6) is 0 Å². The molecule has 0 atom stereocenters. The van der Waals surface area contributed by atoms with Gasteiger partial charge >= 0.3 is 0 Å². The lowest BCUT2D eigenvalue weighted by molar-refractivity contribution is 0.0955. The second-order valence-electron chi connectivity index (χ2n) is 5.81. The minimum atomic E-state index is 0.0124. The summed E-state index contributed by atoms with van der Waals surface area (Å²) in [6, 6.07) is 10.5. The lowest BCUT2D eigenvalue weighted by atomic mass is 10.1. The zero-order valence-corrected chi connectivity index (χ0v) is 15.3. The van der Waals surface area contributed by atoms with Crippen LogP contribution in [0.2, 0.25) is 0 Å². The van der Waals surface area contributed by atoms with Crippen molar-refractivity contribution in [1.82, 2.24) is 10.2 Å². The Morgan fingerprint density at radius 2 is 1.70 bits per heavy atom. The van der Waals surface area contributed by atoms with Crippen LogP contribution in [-0.4, -0.2) is 23.9 Å². The topological polar surface area (TPSA) is 32.3 Å². The van der Waals surface area contributed by atoms with Gasteiger partial charge in [0.15, 0.2) is 0 Å². The van der Waals surface area contributed by atoms with Crippen molar-refractivity contribution < 1.29 is 4.79 Å². The van der Waals surface area contributed by atoms with Crippen molar-refractivity contribution in [2.75, 3.05) is 13.1 Å². The Bertz CT molecular complexity index is 622. The van der Waals surface area contributed by atoms with Crippen molar-refractivity contribution >= 4 is 17.2 Å². The standard InChI is InChI=1S/C19H26N2OS/c1-5-21(6-2)13-17-9-7-16(8-10-17)12-20-19(22)18-11-14(3)15(4)23-18/h7-11H,5-6,12-13H2,1-4H3,(H,20,22). The number of hydrogen-bond donors (Lipinski definition) is 1. The van der Waals surface area contributed by atoms with Gasteiger partial charge in [-0.3, -0.25) is 9.69 Å². The number of aryl methyl sites for hydroxylation is 2. The molecule has 0 aliphatic carbocycles. The Morgan fingerprint density at radius 1 is 1.09 bits per heavy atom. The van der Waals surface area contributed by atoms with Gasteiger partial charge < -0.3 is 5.32 Å². The fourth-order valence-electron chi connectivity index (χ4n) is 2.42. The number of carbonyl (C=O) groups is 1. The van der Waals surface area contributed by atoms with Crippen molar-refractivity contribution in [2.45, 2.75) is 40.8 Å². The number of carbonyl (C=O) groups excluding carboxylic acids is 1. The Kier molecular flexibility index (Phi) is 6.37. The lowest BCUT2D eigenvalue weighted by Crippen LogP contribution is -2.22. The molecular weight excluding hydrogens is 304 g/mol. The predicted molar refractivity (Wildman–Crippen MR) is 98.0 cm³/mol. The van der Waals surface area contributed by atoms with Gasteiger partial charge in [0.2, 0.25) is 0 Å². The van der Waals surface area contributed by atoms with E-state index in [0.29, 0.717) is 6.54 Å². The molecule has 1 amide bonds. The van der Waals surface area contributed by atoms with Crippen molar-refractivity contribution in [2.24, 2.45) is 0 Å². The number of thiophene rings is 1. The third-order valence-corrected chi connectivity index (χ3v) is 5.32. The van der Waals surface area contributed by atoms with E-state index in [1.165, 1.54) is 16.0 Å². The highest BCUT2D eigenvalue weighted by Gasteiger charge is 2.10. The molecule has 2 aromatic rings. The summed E-state index contributed by atoms with van der Waals surface area (Å²) < 4.78 is 0. The number of benzene rings is 1. The summed E-state index contributed by atoms with van der Waals surface area (Å²) >= 11 is 1.55. The Hall–Kier alpha value is -1.65. The quantitative estimate of drug-likeness (QED) is 0.827. The van der Waals surface area contributed by atoms with Gasteiger partial charge in [-0.05, 0) is 49.7 Å². The molecule has 124 valence electrons. The summed E-state index contributed by atoms with van der Waals surface area (Å²) in [5.74, 6) is 0.0124. The molecule has 0 spiro atoms. The molecule has 0 saturated carbocycles. The molecule has 1 N–H and O–H groups in total. The van der Waals surface area contributed by atoms with E-state index in [4.69, 9.17) is 0 Å². The largest absolute Gasteiger partial charge is 0.347 e. The normalized spacial score (nSPS) is 11.0. The second kappa shape index (κ2) is 8.27. The summed E-state index contributed by atoms with van der Waals surface area (Å²) in [6.45, 7) is 12.1. The van der Waals surface area contributed by atoms with E-state index in [1.54, 1.807) is 11.3 Å². The van der Waals surface area contributed by atoms with Crippen molar-refractivity contribution in [1.29, 1.82) is 0 Å². The van der Waals surface area contributed by atoms with Gasteiger partial charge in [-0.15, -0.1) is 11.3 Å². The van der Waals surface area contributed by atoms with Gasteiger partial charge in [0.25, 0.3) is 5.91 Å². The van der Waals surface area contributed by atoms with Gasteiger partial charge in [0, 0.05) is 18.0 Å². The van der Waals surface area contributed by atoms with Crippen LogP contribution in [0, 0.1) is 13.8 Å². The SMILES string of the molecule is CCN(CC)Cc1ccc(CNC(=O)c2cc(C)c(C)s2)cc1. The van der Waals surface area contributed by atoms with Gasteiger partial charge in [-0.1, -0.05) is 38.1 Å².